The first-order valence-corrected chi connectivity index (χ1v) is 5.51. The molecule has 0 aliphatic heterocycles. The number of rotatable bonds is 4. The van der Waals surface area contributed by atoms with Gasteiger partial charge in [-0.25, -0.2) is 0 Å². The maximum atomic E-state index is 5.48. The second kappa shape index (κ2) is 4.84. The highest BCUT2D eigenvalue weighted by molar-refractivity contribution is 6.99. The molecule has 0 fully saturated rings. The fourth-order valence-corrected chi connectivity index (χ4v) is 1.64. The van der Waals surface area contributed by atoms with Crippen molar-refractivity contribution in [3.05, 3.63) is 24.4 Å². The maximum absolute atomic E-state index is 5.48. The van der Waals surface area contributed by atoms with Crippen LogP contribution in [0, 0.1) is 0 Å². The number of ether oxygens (including phenoxy) is 1. The third kappa shape index (κ3) is 2.30. The quantitative estimate of drug-likeness (QED) is 0.795. The van der Waals surface area contributed by atoms with Gasteiger partial charge in [-0.15, -0.1) is 4.37 Å². The summed E-state index contributed by atoms with van der Waals surface area (Å²) >= 11 is 1.15. The standard InChI is InChI=1S/C10H11N3OS/c1-2-7-14-10-9(12-15-13-10)8-5-3-4-6-11-8/h3-6H,2,7H2,1H3. The molecule has 0 unspecified atom stereocenters. The zero-order valence-electron chi connectivity index (χ0n) is 8.38. The molecule has 2 aromatic rings. The minimum Gasteiger partial charge on any atom is -0.475 e. The van der Waals surface area contributed by atoms with Gasteiger partial charge < -0.3 is 4.74 Å². The molecule has 0 spiro atoms. The van der Waals surface area contributed by atoms with E-state index in [1.807, 2.05) is 18.2 Å². The van der Waals surface area contributed by atoms with Gasteiger partial charge in [-0.3, -0.25) is 4.98 Å². The zero-order chi connectivity index (χ0) is 10.5. The molecule has 15 heavy (non-hydrogen) atoms. The molecule has 5 heteroatoms. The topological polar surface area (TPSA) is 47.9 Å². The Balaban J connectivity index is 2.25. The van der Waals surface area contributed by atoms with Crippen LogP contribution in [-0.2, 0) is 0 Å². The van der Waals surface area contributed by atoms with Gasteiger partial charge in [0.1, 0.15) is 0 Å². The van der Waals surface area contributed by atoms with Crippen LogP contribution < -0.4 is 4.74 Å². The molecule has 2 aromatic heterocycles. The van der Waals surface area contributed by atoms with E-state index in [9.17, 15) is 0 Å². The molecular weight excluding hydrogens is 210 g/mol. The first kappa shape index (κ1) is 10.0. The smallest absolute Gasteiger partial charge is 0.255 e. The third-order valence-electron chi connectivity index (χ3n) is 1.81. The maximum Gasteiger partial charge on any atom is 0.255 e. The predicted octanol–water partition coefficient (Wildman–Crippen LogP) is 2.39. The normalized spacial score (nSPS) is 10.2. The Morgan fingerprint density at radius 1 is 1.33 bits per heavy atom. The Morgan fingerprint density at radius 3 is 3.00 bits per heavy atom. The lowest BCUT2D eigenvalue weighted by Crippen LogP contribution is -1.97. The molecule has 0 atom stereocenters. The lowest BCUT2D eigenvalue weighted by atomic mass is 10.3. The second-order valence-electron chi connectivity index (χ2n) is 2.98. The van der Waals surface area contributed by atoms with E-state index < -0.39 is 0 Å². The highest BCUT2D eigenvalue weighted by Crippen LogP contribution is 2.25. The molecule has 0 N–H and O–H groups in total. The van der Waals surface area contributed by atoms with E-state index in [0.717, 1.165) is 29.5 Å². The number of nitrogens with zero attached hydrogens (tertiary/aromatic N) is 3. The lowest BCUT2D eigenvalue weighted by molar-refractivity contribution is 0.309. The summed E-state index contributed by atoms with van der Waals surface area (Å²) in [4.78, 5) is 4.21. The minimum absolute atomic E-state index is 0.584. The third-order valence-corrected chi connectivity index (χ3v) is 2.32. The van der Waals surface area contributed by atoms with E-state index in [2.05, 4.69) is 20.7 Å². The van der Waals surface area contributed by atoms with Crippen molar-refractivity contribution in [2.75, 3.05) is 6.61 Å². The Hall–Kier alpha value is -1.49. The molecule has 78 valence electrons. The molecule has 0 aromatic carbocycles. The molecule has 0 bridgehead atoms. The summed E-state index contributed by atoms with van der Waals surface area (Å²) in [6.07, 6.45) is 2.69. The van der Waals surface area contributed by atoms with Gasteiger partial charge in [0, 0.05) is 6.20 Å². The van der Waals surface area contributed by atoms with Crippen molar-refractivity contribution >= 4 is 11.7 Å². The van der Waals surface area contributed by atoms with Gasteiger partial charge in [-0.05, 0) is 18.6 Å². The second-order valence-corrected chi connectivity index (χ2v) is 3.51. The van der Waals surface area contributed by atoms with Crippen molar-refractivity contribution < 1.29 is 4.74 Å². The van der Waals surface area contributed by atoms with Crippen molar-refractivity contribution in [3.63, 3.8) is 0 Å². The number of hydrogen-bond acceptors (Lipinski definition) is 5. The largest absolute Gasteiger partial charge is 0.475 e. The van der Waals surface area contributed by atoms with Crippen LogP contribution in [0.15, 0.2) is 24.4 Å². The monoisotopic (exact) mass is 221 g/mol. The van der Waals surface area contributed by atoms with Crippen LogP contribution in [0.3, 0.4) is 0 Å². The molecule has 0 amide bonds. The molecule has 2 heterocycles. The predicted molar refractivity (Wildman–Crippen MR) is 58.9 cm³/mol. The summed E-state index contributed by atoms with van der Waals surface area (Å²) in [6, 6.07) is 5.69. The van der Waals surface area contributed by atoms with Gasteiger partial charge in [0.15, 0.2) is 5.69 Å². The summed E-state index contributed by atoms with van der Waals surface area (Å²) in [5, 5.41) is 0. The van der Waals surface area contributed by atoms with Crippen LogP contribution in [0.2, 0.25) is 0 Å². The molecule has 0 aliphatic carbocycles. The van der Waals surface area contributed by atoms with Crippen LogP contribution in [0.25, 0.3) is 11.4 Å². The van der Waals surface area contributed by atoms with Gasteiger partial charge in [-0.2, -0.15) is 4.37 Å². The van der Waals surface area contributed by atoms with Crippen LogP contribution in [0.4, 0.5) is 0 Å². The van der Waals surface area contributed by atoms with Gasteiger partial charge in [0.05, 0.1) is 24.0 Å². The van der Waals surface area contributed by atoms with Crippen LogP contribution in [-0.4, -0.2) is 20.3 Å². The molecule has 0 aliphatic rings. The summed E-state index contributed by atoms with van der Waals surface area (Å²) in [6.45, 7) is 2.71. The van der Waals surface area contributed by atoms with E-state index in [1.54, 1.807) is 6.20 Å². The molecule has 0 saturated heterocycles. The van der Waals surface area contributed by atoms with Crippen molar-refractivity contribution in [1.29, 1.82) is 0 Å². The van der Waals surface area contributed by atoms with Crippen molar-refractivity contribution in [1.82, 2.24) is 13.7 Å². The fourth-order valence-electron chi connectivity index (χ4n) is 1.13. The van der Waals surface area contributed by atoms with Gasteiger partial charge in [-0.1, -0.05) is 13.0 Å². The van der Waals surface area contributed by atoms with Gasteiger partial charge in [0.2, 0.25) is 0 Å². The van der Waals surface area contributed by atoms with Crippen LogP contribution in [0.1, 0.15) is 13.3 Å². The Bertz CT molecular complexity index is 416. The van der Waals surface area contributed by atoms with Crippen molar-refractivity contribution in [2.24, 2.45) is 0 Å². The molecular formula is C10H11N3OS. The molecule has 0 radical (unpaired) electrons. The highest BCUT2D eigenvalue weighted by atomic mass is 32.1. The Labute approximate surface area is 92.3 Å². The van der Waals surface area contributed by atoms with E-state index in [1.165, 1.54) is 0 Å². The zero-order valence-corrected chi connectivity index (χ0v) is 9.20. The van der Waals surface area contributed by atoms with Gasteiger partial charge >= 0.3 is 0 Å². The average Bonchev–Trinajstić information content (AvgIpc) is 2.75. The summed E-state index contributed by atoms with van der Waals surface area (Å²) in [7, 11) is 0. The number of hydrogen-bond donors (Lipinski definition) is 0. The van der Waals surface area contributed by atoms with Crippen molar-refractivity contribution in [3.8, 4) is 17.3 Å². The minimum atomic E-state index is 0.584. The van der Waals surface area contributed by atoms with Crippen LogP contribution in [0.5, 0.6) is 5.88 Å². The van der Waals surface area contributed by atoms with E-state index >= 15 is 0 Å². The summed E-state index contributed by atoms with van der Waals surface area (Å²) < 4.78 is 13.8. The first-order chi connectivity index (χ1) is 7.42. The SMILES string of the molecule is CCCOc1nsnc1-c1ccccn1. The highest BCUT2D eigenvalue weighted by Gasteiger charge is 2.11. The van der Waals surface area contributed by atoms with E-state index in [-0.39, 0.29) is 0 Å². The lowest BCUT2D eigenvalue weighted by Gasteiger charge is -2.01. The number of pyridine rings is 1. The average molecular weight is 221 g/mol. The molecule has 4 nitrogen and oxygen atoms in total. The van der Waals surface area contributed by atoms with Crippen LogP contribution >= 0.6 is 11.7 Å². The van der Waals surface area contributed by atoms with Crippen molar-refractivity contribution in [2.45, 2.75) is 13.3 Å². The van der Waals surface area contributed by atoms with E-state index in [4.69, 9.17) is 4.74 Å². The Kier molecular flexibility index (Phi) is 3.24. The fraction of sp³-hybridized carbons (Fsp3) is 0.300. The number of aromatic nitrogens is 3. The van der Waals surface area contributed by atoms with E-state index in [0.29, 0.717) is 12.5 Å². The summed E-state index contributed by atoms with van der Waals surface area (Å²) in [5.41, 5.74) is 1.53. The molecule has 0 saturated carbocycles. The molecule has 2 rings (SSSR count). The summed E-state index contributed by atoms with van der Waals surface area (Å²) in [5.74, 6) is 0.584. The van der Waals surface area contributed by atoms with Gasteiger partial charge in [0.25, 0.3) is 5.88 Å². The Morgan fingerprint density at radius 2 is 2.27 bits per heavy atom. The first-order valence-electron chi connectivity index (χ1n) is 4.78.